The maximum absolute atomic E-state index is 12.0. The Kier molecular flexibility index (Phi) is 10.0. The highest BCUT2D eigenvalue weighted by Gasteiger charge is 2.46. The number of benzene rings is 1. The molecule has 282 valence electrons. The van der Waals surface area contributed by atoms with Gasteiger partial charge < -0.3 is 46.3 Å². The van der Waals surface area contributed by atoms with E-state index in [9.17, 15) is 25.5 Å². The number of aliphatic hydroxyl groups is 4. The number of aliphatic hydroxyl groups excluding tert-OH is 4. The monoisotopic (exact) mass is 721 g/mol. The van der Waals surface area contributed by atoms with E-state index < -0.39 is 30.5 Å². The predicted octanol–water partition coefficient (Wildman–Crippen LogP) is 4.87. The molecule has 2 aromatic rings. The standard InChI is InChI=1S/C44H55N3O6/c1-2-44-14-3-5-25(11-15-44)41(51)40-29(12-16-44)19-26-7-8-27-20-36(49)38(24-34(27)33(26)23-37(40)50)53-43-31(9-10-35(48)42(43)52)32(22-30-6-4-17-46-30)28-13-18-47-39(45)21-28/h4,6,9-10,13,17,19-21,24-25,29,31-33,35,37,40-43,46-52H,2-3,5,7-8,11,14-15,18,22-23,45H2,1H3. The molecule has 1 aromatic carbocycles. The van der Waals surface area contributed by atoms with E-state index in [1.54, 1.807) is 12.1 Å². The van der Waals surface area contributed by atoms with Crippen LogP contribution in [0.4, 0.5) is 0 Å². The number of aromatic nitrogens is 1. The van der Waals surface area contributed by atoms with Crippen LogP contribution < -0.4 is 15.8 Å². The number of fused-ring (bicyclic) bond motifs is 7. The fourth-order valence-corrected chi connectivity index (χ4v) is 10.4. The number of ether oxygens (including phenoxy) is 1. The lowest BCUT2D eigenvalue weighted by Crippen LogP contribution is -2.50. The van der Waals surface area contributed by atoms with Crippen LogP contribution in [0.1, 0.15) is 81.0 Å². The fraction of sp³-hybridized carbons (Fsp3) is 0.545. The van der Waals surface area contributed by atoms with Crippen LogP contribution in [0.5, 0.6) is 11.5 Å². The maximum Gasteiger partial charge on any atom is 0.161 e. The average molecular weight is 722 g/mol. The first-order valence-electron chi connectivity index (χ1n) is 19.8. The number of phenolic OH excluding ortho intramolecular Hbond substituents is 1. The van der Waals surface area contributed by atoms with Crippen molar-refractivity contribution in [3.63, 3.8) is 0 Å². The van der Waals surface area contributed by atoms with Crippen LogP contribution in [0.3, 0.4) is 0 Å². The number of H-pyrrole nitrogens is 1. The Morgan fingerprint density at radius 3 is 2.74 bits per heavy atom. The summed E-state index contributed by atoms with van der Waals surface area (Å²) < 4.78 is 6.67. The molecule has 6 aliphatic rings. The number of nitrogens with one attached hydrogen (secondary N) is 2. The molecule has 1 fully saturated rings. The molecule has 9 nitrogen and oxygen atoms in total. The smallest absolute Gasteiger partial charge is 0.161 e. The highest BCUT2D eigenvalue weighted by atomic mass is 16.5. The first-order chi connectivity index (χ1) is 25.6. The zero-order chi connectivity index (χ0) is 36.9. The topological polar surface area (TPSA) is 164 Å². The highest BCUT2D eigenvalue weighted by Crippen LogP contribution is 2.50. The quantitative estimate of drug-likeness (QED) is 0.148. The Morgan fingerprint density at radius 2 is 1.94 bits per heavy atom. The number of aromatic amines is 1. The van der Waals surface area contributed by atoms with Gasteiger partial charge in [-0.15, -0.1) is 0 Å². The molecule has 1 saturated carbocycles. The van der Waals surface area contributed by atoms with E-state index >= 15 is 0 Å². The van der Waals surface area contributed by atoms with Crippen molar-refractivity contribution in [1.82, 2.24) is 10.3 Å². The number of hydrogen-bond acceptors (Lipinski definition) is 8. The second kappa shape index (κ2) is 14.7. The van der Waals surface area contributed by atoms with Gasteiger partial charge in [-0.2, -0.15) is 0 Å². The Morgan fingerprint density at radius 1 is 1.08 bits per heavy atom. The van der Waals surface area contributed by atoms with Crippen molar-refractivity contribution < 1.29 is 30.3 Å². The van der Waals surface area contributed by atoms with Gasteiger partial charge in [0.25, 0.3) is 0 Å². The summed E-state index contributed by atoms with van der Waals surface area (Å²) in [6, 6.07) is 7.62. The van der Waals surface area contributed by atoms with Crippen molar-refractivity contribution in [2.75, 3.05) is 6.54 Å². The second-order valence-corrected chi connectivity index (χ2v) is 16.5. The molecule has 0 amide bonds. The average Bonchev–Trinajstić information content (AvgIpc) is 3.52. The summed E-state index contributed by atoms with van der Waals surface area (Å²) in [5.41, 5.74) is 11.4. The van der Waals surface area contributed by atoms with E-state index in [4.69, 9.17) is 10.5 Å². The number of aromatic hydroxyl groups is 1. The van der Waals surface area contributed by atoms with Crippen LogP contribution in [-0.4, -0.2) is 67.6 Å². The van der Waals surface area contributed by atoms with Gasteiger partial charge in [0.05, 0.1) is 18.0 Å². The summed E-state index contributed by atoms with van der Waals surface area (Å²) in [7, 11) is 0. The van der Waals surface area contributed by atoms with Crippen molar-refractivity contribution in [3.8, 4) is 23.3 Å². The summed E-state index contributed by atoms with van der Waals surface area (Å²) in [5, 5.41) is 60.9. The predicted molar refractivity (Wildman–Crippen MR) is 203 cm³/mol. The largest absolute Gasteiger partial charge is 0.504 e. The number of dihydropyridines is 1. The third kappa shape index (κ3) is 6.96. The van der Waals surface area contributed by atoms with Crippen molar-refractivity contribution in [2.24, 2.45) is 40.7 Å². The Hall–Kier alpha value is -3.94. The molecule has 1 aromatic heterocycles. The van der Waals surface area contributed by atoms with Crippen molar-refractivity contribution in [2.45, 2.75) is 108 Å². The molecule has 0 spiro atoms. The molecule has 12 atom stereocenters. The van der Waals surface area contributed by atoms with Gasteiger partial charge in [-0.05, 0) is 117 Å². The summed E-state index contributed by atoms with van der Waals surface area (Å²) in [6.45, 7) is 2.81. The van der Waals surface area contributed by atoms with Crippen LogP contribution in [0.2, 0.25) is 0 Å². The third-order valence-corrected chi connectivity index (χ3v) is 13.6. The van der Waals surface area contributed by atoms with E-state index in [-0.39, 0.29) is 52.4 Å². The maximum atomic E-state index is 12.0. The minimum absolute atomic E-state index is 0.0252. The molecule has 2 bridgehead atoms. The van der Waals surface area contributed by atoms with Crippen LogP contribution in [0, 0.1) is 46.8 Å². The lowest BCUT2D eigenvalue weighted by atomic mass is 9.73. The van der Waals surface area contributed by atoms with Crippen LogP contribution in [-0.2, 0) is 12.8 Å². The van der Waals surface area contributed by atoms with Crippen molar-refractivity contribution in [1.29, 1.82) is 0 Å². The fourth-order valence-electron chi connectivity index (χ4n) is 10.4. The van der Waals surface area contributed by atoms with Gasteiger partial charge >= 0.3 is 0 Å². The Bertz CT molecular complexity index is 1850. The SMILES string of the molecule is CCC12C#CC3C=C4CCc5cc(O)c(OC6C(O)C(O)C=CC6C(Cc6ccc[nH]6)C6=CCNC(N)=C6)cc5C4CC(O)C3C(O)C(CCC1)CC2. The minimum atomic E-state index is -1.25. The summed E-state index contributed by atoms with van der Waals surface area (Å²) >= 11 is 0. The first-order valence-corrected chi connectivity index (χ1v) is 19.8. The van der Waals surface area contributed by atoms with Crippen molar-refractivity contribution >= 4 is 0 Å². The van der Waals surface area contributed by atoms with E-state index in [0.29, 0.717) is 25.2 Å². The van der Waals surface area contributed by atoms with Gasteiger partial charge in [0.15, 0.2) is 11.5 Å². The summed E-state index contributed by atoms with van der Waals surface area (Å²) in [5.74, 6) is 6.97. The molecule has 5 aliphatic carbocycles. The number of aryl methyl sites for hydroxylation is 1. The minimum Gasteiger partial charge on any atom is -0.504 e. The molecule has 8 rings (SSSR count). The van der Waals surface area contributed by atoms with E-state index in [1.165, 1.54) is 5.57 Å². The lowest BCUT2D eigenvalue weighted by Gasteiger charge is -2.40. The third-order valence-electron chi connectivity index (χ3n) is 13.6. The van der Waals surface area contributed by atoms with Crippen molar-refractivity contribution in [3.05, 3.63) is 94.6 Å². The van der Waals surface area contributed by atoms with Crippen LogP contribution in [0.15, 0.2) is 77.8 Å². The Labute approximate surface area is 312 Å². The molecule has 53 heavy (non-hydrogen) atoms. The molecule has 0 radical (unpaired) electrons. The van der Waals surface area contributed by atoms with Gasteiger partial charge in [-0.1, -0.05) is 55.1 Å². The van der Waals surface area contributed by atoms with E-state index in [1.807, 2.05) is 36.5 Å². The van der Waals surface area contributed by atoms with E-state index in [2.05, 4.69) is 41.2 Å². The first kappa shape index (κ1) is 36.1. The summed E-state index contributed by atoms with van der Waals surface area (Å²) in [6.07, 6.45) is 15.6. The molecule has 1 aliphatic heterocycles. The number of nitrogens with two attached hydrogens (primary N) is 1. The van der Waals surface area contributed by atoms with Gasteiger partial charge in [0.1, 0.15) is 18.3 Å². The molecule has 2 heterocycles. The molecular formula is C44H55N3O6. The Balaban J connectivity index is 1.14. The van der Waals surface area contributed by atoms with Gasteiger partial charge in [0.2, 0.25) is 0 Å². The summed E-state index contributed by atoms with van der Waals surface area (Å²) in [4.78, 5) is 3.31. The molecule has 12 unspecified atom stereocenters. The van der Waals surface area contributed by atoms with E-state index in [0.717, 1.165) is 73.8 Å². The zero-order valence-corrected chi connectivity index (χ0v) is 30.6. The lowest BCUT2D eigenvalue weighted by molar-refractivity contribution is -0.0609. The molecule has 9 heteroatoms. The van der Waals surface area contributed by atoms with Gasteiger partial charge in [-0.3, -0.25) is 0 Å². The normalized spacial score (nSPS) is 36.8. The number of phenols is 1. The number of hydrogen-bond donors (Lipinski definition) is 8. The zero-order valence-electron chi connectivity index (χ0n) is 30.6. The van der Waals surface area contributed by atoms with Crippen LogP contribution in [0.25, 0.3) is 0 Å². The van der Waals surface area contributed by atoms with Crippen LogP contribution >= 0.6 is 0 Å². The number of allylic oxidation sites excluding steroid dienone is 4. The van der Waals surface area contributed by atoms with Gasteiger partial charge in [-0.25, -0.2) is 0 Å². The van der Waals surface area contributed by atoms with Gasteiger partial charge in [0, 0.05) is 47.5 Å². The number of rotatable bonds is 7. The second-order valence-electron chi connectivity index (χ2n) is 16.5. The molecular weight excluding hydrogens is 666 g/mol. The molecule has 0 saturated heterocycles. The highest BCUT2D eigenvalue weighted by molar-refractivity contribution is 5.52. The molecule has 9 N–H and O–H groups in total.